The number of urea groups is 1. The number of benzene rings is 2. The maximum Gasteiger partial charge on any atom is 0.325 e. The van der Waals surface area contributed by atoms with Crippen molar-refractivity contribution in [2.24, 2.45) is 0 Å². The summed E-state index contributed by atoms with van der Waals surface area (Å²) in [6.45, 7) is -0.465. The summed E-state index contributed by atoms with van der Waals surface area (Å²) < 4.78 is 4.79. The van der Waals surface area contributed by atoms with Crippen molar-refractivity contribution in [3.8, 4) is 0 Å². The van der Waals surface area contributed by atoms with E-state index in [0.29, 0.717) is 17.3 Å². The van der Waals surface area contributed by atoms with Crippen LogP contribution in [0.2, 0.25) is 5.02 Å². The van der Waals surface area contributed by atoms with E-state index in [1.165, 1.54) is 0 Å². The van der Waals surface area contributed by atoms with E-state index in [0.717, 1.165) is 5.56 Å². The molecule has 0 spiro atoms. The summed E-state index contributed by atoms with van der Waals surface area (Å²) in [5.41, 5.74) is 1.43. The van der Waals surface area contributed by atoms with Crippen LogP contribution in [0.25, 0.3) is 0 Å². The van der Waals surface area contributed by atoms with Gasteiger partial charge in [0.05, 0.1) is 0 Å². The first-order chi connectivity index (χ1) is 12.5. The van der Waals surface area contributed by atoms with Crippen LogP contribution in [0.3, 0.4) is 0 Å². The lowest BCUT2D eigenvalue weighted by Crippen LogP contribution is -2.39. The maximum absolute atomic E-state index is 11.7. The Hall–Kier alpha value is -3.06. The van der Waals surface area contributed by atoms with Crippen LogP contribution in [0.15, 0.2) is 54.6 Å². The highest BCUT2D eigenvalue weighted by atomic mass is 35.5. The second-order valence-electron chi connectivity index (χ2n) is 5.24. The highest BCUT2D eigenvalue weighted by Gasteiger charge is 2.09. The number of amides is 3. The number of ether oxygens (including phenoxy) is 1. The van der Waals surface area contributed by atoms with Crippen molar-refractivity contribution in [1.29, 1.82) is 0 Å². The Morgan fingerprint density at radius 2 is 1.73 bits per heavy atom. The number of halogens is 1. The lowest BCUT2D eigenvalue weighted by molar-refractivity contribution is -0.146. The fourth-order valence-electron chi connectivity index (χ4n) is 1.95. The summed E-state index contributed by atoms with van der Waals surface area (Å²) >= 11 is 5.81. The number of carbonyl (C=O) groups excluding carboxylic acids is 3. The standard InChI is InChI=1S/C18H18ClN3O4/c19-14-7-4-8-15(9-14)22-16(23)12-26-17(24)11-21-18(25)20-10-13-5-2-1-3-6-13/h1-9H,10-12H2,(H,22,23)(H2,20,21,25). The molecular formula is C18H18ClN3O4. The first-order valence-corrected chi connectivity index (χ1v) is 8.17. The van der Waals surface area contributed by atoms with Crippen molar-refractivity contribution >= 4 is 35.2 Å². The Bertz CT molecular complexity index is 768. The summed E-state index contributed by atoms with van der Waals surface area (Å²) in [7, 11) is 0. The zero-order chi connectivity index (χ0) is 18.8. The van der Waals surface area contributed by atoms with Gasteiger partial charge in [-0.15, -0.1) is 0 Å². The van der Waals surface area contributed by atoms with Gasteiger partial charge in [0.2, 0.25) is 0 Å². The van der Waals surface area contributed by atoms with Gasteiger partial charge in [0.25, 0.3) is 5.91 Å². The van der Waals surface area contributed by atoms with Gasteiger partial charge in [-0.2, -0.15) is 0 Å². The van der Waals surface area contributed by atoms with Gasteiger partial charge in [0.15, 0.2) is 6.61 Å². The van der Waals surface area contributed by atoms with E-state index in [1.54, 1.807) is 24.3 Å². The van der Waals surface area contributed by atoms with Gasteiger partial charge < -0.3 is 20.7 Å². The van der Waals surface area contributed by atoms with Crippen molar-refractivity contribution in [2.45, 2.75) is 6.54 Å². The minimum atomic E-state index is -0.721. The average molecular weight is 376 g/mol. The van der Waals surface area contributed by atoms with Crippen LogP contribution < -0.4 is 16.0 Å². The average Bonchev–Trinajstić information content (AvgIpc) is 2.64. The Morgan fingerprint density at radius 3 is 2.46 bits per heavy atom. The van der Waals surface area contributed by atoms with Crippen LogP contribution in [-0.2, 0) is 20.9 Å². The SMILES string of the molecule is O=C(COC(=O)CNC(=O)NCc1ccccc1)Nc1cccc(Cl)c1. The molecule has 0 heterocycles. The van der Waals surface area contributed by atoms with Crippen LogP contribution in [0.1, 0.15) is 5.56 Å². The van der Waals surface area contributed by atoms with Crippen molar-refractivity contribution in [1.82, 2.24) is 10.6 Å². The summed E-state index contributed by atoms with van der Waals surface area (Å²) in [4.78, 5) is 34.9. The number of nitrogens with one attached hydrogen (secondary N) is 3. The Morgan fingerprint density at radius 1 is 0.962 bits per heavy atom. The third-order valence-electron chi connectivity index (χ3n) is 3.16. The summed E-state index contributed by atoms with van der Waals surface area (Å²) in [5, 5.41) is 7.99. The first-order valence-electron chi connectivity index (χ1n) is 7.79. The molecule has 2 aromatic carbocycles. The largest absolute Gasteiger partial charge is 0.454 e. The molecule has 26 heavy (non-hydrogen) atoms. The maximum atomic E-state index is 11.7. The van der Waals surface area contributed by atoms with Gasteiger partial charge in [-0.25, -0.2) is 4.79 Å². The zero-order valence-corrected chi connectivity index (χ0v) is 14.6. The summed E-state index contributed by atoms with van der Waals surface area (Å²) in [6, 6.07) is 15.4. The molecule has 3 N–H and O–H groups in total. The summed E-state index contributed by atoms with van der Waals surface area (Å²) in [6.07, 6.45) is 0. The van der Waals surface area contributed by atoms with E-state index in [-0.39, 0.29) is 6.54 Å². The van der Waals surface area contributed by atoms with Crippen molar-refractivity contribution < 1.29 is 19.1 Å². The van der Waals surface area contributed by atoms with E-state index in [9.17, 15) is 14.4 Å². The molecule has 0 fully saturated rings. The van der Waals surface area contributed by atoms with Crippen LogP contribution in [0, 0.1) is 0 Å². The van der Waals surface area contributed by atoms with Gasteiger partial charge >= 0.3 is 12.0 Å². The van der Waals surface area contributed by atoms with E-state index in [2.05, 4.69) is 16.0 Å². The molecule has 3 amide bonds. The topological polar surface area (TPSA) is 96.5 Å². The molecule has 0 atom stereocenters. The zero-order valence-electron chi connectivity index (χ0n) is 13.8. The normalized spacial score (nSPS) is 9.88. The van der Waals surface area contributed by atoms with Crippen LogP contribution in [-0.4, -0.2) is 31.1 Å². The van der Waals surface area contributed by atoms with Gasteiger partial charge in [0.1, 0.15) is 6.54 Å². The number of anilines is 1. The van der Waals surface area contributed by atoms with Gasteiger partial charge in [0, 0.05) is 17.3 Å². The van der Waals surface area contributed by atoms with E-state index >= 15 is 0 Å². The smallest absolute Gasteiger partial charge is 0.325 e. The first kappa shape index (κ1) is 19.3. The van der Waals surface area contributed by atoms with Gasteiger partial charge in [-0.05, 0) is 23.8 Å². The molecule has 7 nitrogen and oxygen atoms in total. The molecular weight excluding hydrogens is 358 g/mol. The minimum absolute atomic E-state index is 0.337. The lowest BCUT2D eigenvalue weighted by atomic mass is 10.2. The molecule has 136 valence electrons. The summed E-state index contributed by atoms with van der Waals surface area (Å²) in [5.74, 6) is -1.23. The molecule has 8 heteroatoms. The van der Waals surface area contributed by atoms with Gasteiger partial charge in [-0.3, -0.25) is 9.59 Å². The molecule has 0 unspecified atom stereocenters. The predicted octanol–water partition coefficient (Wildman–Crippen LogP) is 2.32. The number of esters is 1. The van der Waals surface area contributed by atoms with Crippen molar-refractivity contribution in [2.75, 3.05) is 18.5 Å². The second-order valence-corrected chi connectivity index (χ2v) is 5.68. The fraction of sp³-hybridized carbons (Fsp3) is 0.167. The molecule has 0 bridgehead atoms. The fourth-order valence-corrected chi connectivity index (χ4v) is 2.14. The molecule has 2 rings (SSSR count). The van der Waals surface area contributed by atoms with E-state index in [1.807, 2.05) is 30.3 Å². The molecule has 0 radical (unpaired) electrons. The highest BCUT2D eigenvalue weighted by Crippen LogP contribution is 2.14. The Balaban J connectivity index is 1.62. The van der Waals surface area contributed by atoms with Crippen molar-refractivity contribution in [3.05, 3.63) is 65.2 Å². The lowest BCUT2D eigenvalue weighted by Gasteiger charge is -2.09. The van der Waals surface area contributed by atoms with Crippen molar-refractivity contribution in [3.63, 3.8) is 0 Å². The Labute approximate surface area is 155 Å². The molecule has 0 aromatic heterocycles. The highest BCUT2D eigenvalue weighted by molar-refractivity contribution is 6.30. The number of carbonyl (C=O) groups is 3. The van der Waals surface area contributed by atoms with Crippen LogP contribution in [0.5, 0.6) is 0 Å². The molecule has 0 aliphatic rings. The third-order valence-corrected chi connectivity index (χ3v) is 3.40. The molecule has 0 saturated carbocycles. The molecule has 0 aliphatic carbocycles. The van der Waals surface area contributed by atoms with Crippen LogP contribution >= 0.6 is 11.6 Å². The number of rotatable bonds is 7. The van der Waals surface area contributed by atoms with Crippen LogP contribution in [0.4, 0.5) is 10.5 Å². The van der Waals surface area contributed by atoms with E-state index in [4.69, 9.17) is 16.3 Å². The molecule has 0 saturated heterocycles. The second kappa shape index (κ2) is 10.0. The number of hydrogen-bond acceptors (Lipinski definition) is 4. The minimum Gasteiger partial charge on any atom is -0.454 e. The quantitative estimate of drug-likeness (QED) is 0.647. The van der Waals surface area contributed by atoms with Gasteiger partial charge in [-0.1, -0.05) is 48.0 Å². The monoisotopic (exact) mass is 375 g/mol. The third kappa shape index (κ3) is 7.23. The predicted molar refractivity (Wildman–Crippen MR) is 97.7 cm³/mol. The Kier molecular flexibility index (Phi) is 7.45. The van der Waals surface area contributed by atoms with E-state index < -0.39 is 24.5 Å². The number of hydrogen-bond donors (Lipinski definition) is 3. The molecule has 2 aromatic rings. The molecule has 0 aliphatic heterocycles.